The van der Waals surface area contributed by atoms with Crippen LogP contribution in [-0.2, 0) is 14.8 Å². The van der Waals surface area contributed by atoms with Crippen LogP contribution in [-0.4, -0.2) is 39.6 Å². The first kappa shape index (κ1) is 24.2. The molecule has 0 aliphatic heterocycles. The van der Waals surface area contributed by atoms with Gasteiger partial charge in [0.2, 0.25) is 0 Å². The molecule has 1 unspecified atom stereocenters. The third kappa shape index (κ3) is 7.93. The van der Waals surface area contributed by atoms with Crippen molar-refractivity contribution in [2.45, 2.75) is 38.1 Å². The normalized spacial score (nSPS) is 12.1. The lowest BCUT2D eigenvalue weighted by Gasteiger charge is -2.21. The maximum atomic E-state index is 12.6. The first-order valence-electron chi connectivity index (χ1n) is 10.1. The van der Waals surface area contributed by atoms with Gasteiger partial charge in [0.05, 0.1) is 11.5 Å². The van der Waals surface area contributed by atoms with Crippen LogP contribution in [0.15, 0.2) is 59.5 Å². The van der Waals surface area contributed by atoms with E-state index in [0.717, 1.165) is 0 Å². The Morgan fingerprint density at radius 1 is 1.03 bits per heavy atom. The van der Waals surface area contributed by atoms with Crippen molar-refractivity contribution in [1.82, 2.24) is 10.6 Å². The molecule has 0 aromatic heterocycles. The molecule has 0 saturated heterocycles. The zero-order chi connectivity index (χ0) is 22.9. The molecular weight excluding hydrogens is 418 g/mol. The number of ether oxygens (including phenoxy) is 1. The second-order valence-corrected chi connectivity index (χ2v) is 9.08. The Labute approximate surface area is 183 Å². The number of sulfonamides is 1. The van der Waals surface area contributed by atoms with E-state index in [1.54, 1.807) is 43.3 Å². The minimum Gasteiger partial charge on any atom is -0.450 e. The molecule has 31 heavy (non-hydrogen) atoms. The molecule has 0 heterocycles. The Kier molecular flexibility index (Phi) is 8.87. The van der Waals surface area contributed by atoms with Crippen LogP contribution in [0, 0.1) is 5.92 Å². The Bertz CT molecular complexity index is 978. The Morgan fingerprint density at radius 2 is 1.74 bits per heavy atom. The lowest BCUT2D eigenvalue weighted by molar-refractivity contribution is 0.0944. The number of rotatable bonds is 10. The zero-order valence-corrected chi connectivity index (χ0v) is 18.7. The quantitative estimate of drug-likeness (QED) is 0.517. The highest BCUT2D eigenvalue weighted by molar-refractivity contribution is 7.92. The van der Waals surface area contributed by atoms with Crippen molar-refractivity contribution in [3.63, 3.8) is 0 Å². The lowest BCUT2D eigenvalue weighted by atomic mass is 10.0. The summed E-state index contributed by atoms with van der Waals surface area (Å²) in [4.78, 5) is 24.5. The van der Waals surface area contributed by atoms with Gasteiger partial charge >= 0.3 is 6.09 Å². The van der Waals surface area contributed by atoms with Crippen molar-refractivity contribution >= 4 is 27.7 Å². The summed E-state index contributed by atoms with van der Waals surface area (Å²) in [5, 5.41) is 5.54. The fraction of sp³-hybridized carbons (Fsp3) is 0.364. The number of anilines is 1. The maximum Gasteiger partial charge on any atom is 0.407 e. The summed E-state index contributed by atoms with van der Waals surface area (Å²) in [7, 11) is -3.76. The van der Waals surface area contributed by atoms with Gasteiger partial charge in [-0.25, -0.2) is 13.2 Å². The van der Waals surface area contributed by atoms with Gasteiger partial charge in [0, 0.05) is 23.8 Å². The summed E-state index contributed by atoms with van der Waals surface area (Å²) in [5.74, 6) is -0.0697. The second kappa shape index (κ2) is 11.4. The van der Waals surface area contributed by atoms with Crippen molar-refractivity contribution in [1.29, 1.82) is 0 Å². The predicted octanol–water partition coefficient (Wildman–Crippen LogP) is 3.38. The average Bonchev–Trinajstić information content (AvgIpc) is 2.72. The fourth-order valence-corrected chi connectivity index (χ4v) is 4.03. The number of amides is 2. The van der Waals surface area contributed by atoms with E-state index in [0.29, 0.717) is 17.9 Å². The summed E-state index contributed by atoms with van der Waals surface area (Å²) in [6, 6.07) is 13.9. The minimum atomic E-state index is -3.76. The van der Waals surface area contributed by atoms with Crippen LogP contribution < -0.4 is 15.4 Å². The van der Waals surface area contributed by atoms with Crippen molar-refractivity contribution < 1.29 is 22.7 Å². The topological polar surface area (TPSA) is 114 Å². The van der Waals surface area contributed by atoms with Crippen molar-refractivity contribution in [3.05, 3.63) is 60.2 Å². The fourth-order valence-electron chi connectivity index (χ4n) is 2.96. The molecule has 2 amide bonds. The Morgan fingerprint density at radius 3 is 2.39 bits per heavy atom. The number of hydrogen-bond donors (Lipinski definition) is 3. The molecule has 2 aromatic carbocycles. The van der Waals surface area contributed by atoms with Gasteiger partial charge in [-0.05, 0) is 49.6 Å². The summed E-state index contributed by atoms with van der Waals surface area (Å²) >= 11 is 0. The third-order valence-electron chi connectivity index (χ3n) is 4.29. The van der Waals surface area contributed by atoms with E-state index >= 15 is 0 Å². The molecule has 0 fully saturated rings. The van der Waals surface area contributed by atoms with Gasteiger partial charge in [0.1, 0.15) is 0 Å². The lowest BCUT2D eigenvalue weighted by Crippen LogP contribution is -2.44. The van der Waals surface area contributed by atoms with Gasteiger partial charge < -0.3 is 15.4 Å². The first-order chi connectivity index (χ1) is 14.7. The summed E-state index contributed by atoms with van der Waals surface area (Å²) in [5.41, 5.74) is 0.576. The number of alkyl carbamates (subject to hydrolysis) is 1. The largest absolute Gasteiger partial charge is 0.450 e. The number of hydrogen-bond acceptors (Lipinski definition) is 5. The van der Waals surface area contributed by atoms with Crippen molar-refractivity contribution in [2.75, 3.05) is 17.9 Å². The van der Waals surface area contributed by atoms with E-state index in [1.165, 1.54) is 18.2 Å². The molecular formula is C22H29N3O5S. The zero-order valence-electron chi connectivity index (χ0n) is 17.9. The van der Waals surface area contributed by atoms with E-state index < -0.39 is 16.1 Å². The minimum absolute atomic E-state index is 0.131. The van der Waals surface area contributed by atoms with Crippen LogP contribution in [0.5, 0.6) is 0 Å². The highest BCUT2D eigenvalue weighted by atomic mass is 32.2. The van der Waals surface area contributed by atoms with Gasteiger partial charge in [0.15, 0.2) is 0 Å². The number of nitrogens with one attached hydrogen (secondary N) is 3. The second-order valence-electron chi connectivity index (χ2n) is 7.40. The Balaban J connectivity index is 2.04. The molecule has 168 valence electrons. The maximum absolute atomic E-state index is 12.6. The molecule has 0 aliphatic rings. The molecule has 0 saturated carbocycles. The molecule has 1 atom stereocenters. The molecule has 0 aliphatic carbocycles. The van der Waals surface area contributed by atoms with E-state index in [1.807, 2.05) is 13.8 Å². The van der Waals surface area contributed by atoms with Gasteiger partial charge in [-0.3, -0.25) is 9.52 Å². The molecule has 9 heteroatoms. The number of carbonyl (C=O) groups excluding carboxylic acids is 2. The third-order valence-corrected chi connectivity index (χ3v) is 5.69. The summed E-state index contributed by atoms with van der Waals surface area (Å²) < 4.78 is 32.4. The molecule has 0 bridgehead atoms. The van der Waals surface area contributed by atoms with Gasteiger partial charge in [-0.15, -0.1) is 0 Å². The monoisotopic (exact) mass is 447 g/mol. The van der Waals surface area contributed by atoms with Gasteiger partial charge in [-0.1, -0.05) is 38.1 Å². The summed E-state index contributed by atoms with van der Waals surface area (Å²) in [6.07, 6.45) is 0.135. The standard InChI is InChI=1S/C22H29N3O5S/c1-4-30-22(27)24-19(13-16(2)3)15-23-21(26)17-9-8-10-18(14-17)25-31(28,29)20-11-6-5-7-12-20/h5-12,14,16,19,25H,4,13,15H2,1-3H3,(H,23,26)(H,24,27). The highest BCUT2D eigenvalue weighted by Crippen LogP contribution is 2.17. The van der Waals surface area contributed by atoms with Gasteiger partial charge in [0.25, 0.3) is 15.9 Å². The van der Waals surface area contributed by atoms with E-state index in [9.17, 15) is 18.0 Å². The van der Waals surface area contributed by atoms with Crippen LogP contribution >= 0.6 is 0 Å². The SMILES string of the molecule is CCOC(=O)NC(CNC(=O)c1cccc(NS(=O)(=O)c2ccccc2)c1)CC(C)C. The molecule has 0 spiro atoms. The van der Waals surface area contributed by atoms with Crippen LogP contribution in [0.3, 0.4) is 0 Å². The number of carbonyl (C=O) groups is 2. The summed E-state index contributed by atoms with van der Waals surface area (Å²) in [6.45, 7) is 6.24. The van der Waals surface area contributed by atoms with Crippen molar-refractivity contribution in [3.8, 4) is 0 Å². The predicted molar refractivity (Wildman–Crippen MR) is 119 cm³/mol. The molecule has 0 radical (unpaired) electrons. The van der Waals surface area contributed by atoms with E-state index in [2.05, 4.69) is 15.4 Å². The molecule has 2 aromatic rings. The Hall–Kier alpha value is -3.07. The molecule has 3 N–H and O–H groups in total. The van der Waals surface area contributed by atoms with Crippen LogP contribution in [0.4, 0.5) is 10.5 Å². The molecule has 2 rings (SSSR count). The van der Waals surface area contributed by atoms with E-state index in [4.69, 9.17) is 4.74 Å². The number of benzene rings is 2. The molecule has 8 nitrogen and oxygen atoms in total. The smallest absolute Gasteiger partial charge is 0.407 e. The van der Waals surface area contributed by atoms with Crippen LogP contribution in [0.2, 0.25) is 0 Å². The van der Waals surface area contributed by atoms with Crippen LogP contribution in [0.25, 0.3) is 0 Å². The average molecular weight is 448 g/mol. The highest BCUT2D eigenvalue weighted by Gasteiger charge is 2.18. The first-order valence-corrected chi connectivity index (χ1v) is 11.6. The van der Waals surface area contributed by atoms with E-state index in [-0.39, 0.29) is 35.7 Å². The van der Waals surface area contributed by atoms with Gasteiger partial charge in [-0.2, -0.15) is 0 Å². The van der Waals surface area contributed by atoms with Crippen molar-refractivity contribution in [2.24, 2.45) is 5.92 Å². The van der Waals surface area contributed by atoms with Crippen LogP contribution in [0.1, 0.15) is 37.6 Å².